The lowest BCUT2D eigenvalue weighted by Crippen LogP contribution is -2.17. The maximum atomic E-state index is 11.9. The number of nitrogens with two attached hydrogens (primary N) is 1. The van der Waals surface area contributed by atoms with Crippen LogP contribution in [-0.2, 0) is 13.1 Å². The van der Waals surface area contributed by atoms with Crippen LogP contribution in [0, 0.1) is 0 Å². The zero-order valence-corrected chi connectivity index (χ0v) is 18.0. The first kappa shape index (κ1) is 21.2. The Morgan fingerprint density at radius 3 is 2.75 bits per heavy atom. The SMILES string of the molecule is CCn1cc(-c2cnc(N)c(-c3nnc(-c4ccc(CNC)cc4OC)o3)n2)ccc1=O. The molecule has 0 aliphatic carbocycles. The van der Waals surface area contributed by atoms with Crippen molar-refractivity contribution in [1.29, 1.82) is 0 Å². The minimum Gasteiger partial charge on any atom is -0.496 e. The Bertz CT molecular complexity index is 1310. The number of methoxy groups -OCH3 is 1. The number of aryl methyl sites for hydroxylation is 1. The highest BCUT2D eigenvalue weighted by Crippen LogP contribution is 2.33. The lowest BCUT2D eigenvalue weighted by atomic mass is 10.1. The Kier molecular flexibility index (Phi) is 5.95. The molecule has 0 saturated heterocycles. The Morgan fingerprint density at radius 1 is 1.19 bits per heavy atom. The molecule has 0 aliphatic heterocycles. The third kappa shape index (κ3) is 4.08. The summed E-state index contributed by atoms with van der Waals surface area (Å²) in [4.78, 5) is 20.7. The van der Waals surface area contributed by atoms with Gasteiger partial charge in [-0.25, -0.2) is 9.97 Å². The van der Waals surface area contributed by atoms with Crippen molar-refractivity contribution < 1.29 is 9.15 Å². The van der Waals surface area contributed by atoms with E-state index in [0.717, 1.165) is 11.1 Å². The molecule has 0 bridgehead atoms. The fourth-order valence-electron chi connectivity index (χ4n) is 3.28. The van der Waals surface area contributed by atoms with Crippen LogP contribution >= 0.6 is 0 Å². The molecule has 4 rings (SSSR count). The number of aromatic nitrogens is 5. The molecule has 0 radical (unpaired) electrons. The van der Waals surface area contributed by atoms with Gasteiger partial charge >= 0.3 is 0 Å². The van der Waals surface area contributed by atoms with Crippen LogP contribution in [-0.4, -0.2) is 38.9 Å². The molecule has 0 saturated carbocycles. The van der Waals surface area contributed by atoms with Gasteiger partial charge in [0.25, 0.3) is 17.3 Å². The summed E-state index contributed by atoms with van der Waals surface area (Å²) in [6.07, 6.45) is 3.27. The molecule has 0 atom stereocenters. The second-order valence-corrected chi connectivity index (χ2v) is 7.01. The van der Waals surface area contributed by atoms with E-state index in [0.29, 0.717) is 30.1 Å². The maximum Gasteiger partial charge on any atom is 0.270 e. The van der Waals surface area contributed by atoms with Crippen molar-refractivity contribution in [3.63, 3.8) is 0 Å². The van der Waals surface area contributed by atoms with Crippen LogP contribution in [0.3, 0.4) is 0 Å². The first-order chi connectivity index (χ1) is 15.5. The predicted octanol–water partition coefficient (Wildman–Crippen LogP) is 2.35. The maximum absolute atomic E-state index is 11.9. The lowest BCUT2D eigenvalue weighted by Gasteiger charge is -2.08. The van der Waals surface area contributed by atoms with Gasteiger partial charge in [0.15, 0.2) is 11.5 Å². The van der Waals surface area contributed by atoms with Crippen molar-refractivity contribution in [2.75, 3.05) is 19.9 Å². The standard InChI is InChI=1S/C22H23N7O3/c1-4-29-12-14(6-8-18(29)30)16-11-25-20(23)19(26-16)22-28-27-21(32-22)15-7-5-13(10-24-2)9-17(15)31-3/h5-9,11-12,24H,4,10H2,1-3H3,(H2,23,25). The van der Waals surface area contributed by atoms with E-state index in [-0.39, 0.29) is 28.9 Å². The average Bonchev–Trinajstić information content (AvgIpc) is 3.29. The quantitative estimate of drug-likeness (QED) is 0.450. The Morgan fingerprint density at radius 2 is 2.00 bits per heavy atom. The second kappa shape index (κ2) is 8.98. The highest BCUT2D eigenvalue weighted by Gasteiger charge is 2.19. The van der Waals surface area contributed by atoms with Crippen LogP contribution < -0.4 is 21.3 Å². The van der Waals surface area contributed by atoms with Gasteiger partial charge in [-0.3, -0.25) is 4.79 Å². The number of nitrogens with one attached hydrogen (secondary N) is 1. The molecule has 3 aromatic heterocycles. The zero-order chi connectivity index (χ0) is 22.7. The highest BCUT2D eigenvalue weighted by molar-refractivity contribution is 5.69. The van der Waals surface area contributed by atoms with Crippen molar-refractivity contribution in [1.82, 2.24) is 30.0 Å². The van der Waals surface area contributed by atoms with Gasteiger partial charge in [0, 0.05) is 30.9 Å². The number of benzene rings is 1. The zero-order valence-electron chi connectivity index (χ0n) is 18.0. The largest absolute Gasteiger partial charge is 0.496 e. The third-order valence-electron chi connectivity index (χ3n) is 4.93. The molecule has 0 aliphatic rings. The van der Waals surface area contributed by atoms with Gasteiger partial charge in [0.05, 0.1) is 24.6 Å². The van der Waals surface area contributed by atoms with Crippen LogP contribution in [0.1, 0.15) is 12.5 Å². The van der Waals surface area contributed by atoms with E-state index >= 15 is 0 Å². The van der Waals surface area contributed by atoms with E-state index in [2.05, 4.69) is 25.5 Å². The molecule has 0 amide bonds. The van der Waals surface area contributed by atoms with Gasteiger partial charge in [0.1, 0.15) is 5.75 Å². The minimum absolute atomic E-state index is 0.0869. The molecule has 1 aromatic carbocycles. The van der Waals surface area contributed by atoms with Crippen LogP contribution in [0.15, 0.2) is 51.9 Å². The van der Waals surface area contributed by atoms with Crippen molar-refractivity contribution in [3.8, 4) is 40.0 Å². The topological polar surface area (TPSA) is 134 Å². The molecule has 32 heavy (non-hydrogen) atoms. The molecule has 0 fully saturated rings. The normalized spacial score (nSPS) is 11.0. The molecule has 164 valence electrons. The number of hydrogen-bond acceptors (Lipinski definition) is 9. The van der Waals surface area contributed by atoms with Gasteiger partial charge in [-0.1, -0.05) is 6.07 Å². The molecule has 10 nitrogen and oxygen atoms in total. The van der Waals surface area contributed by atoms with E-state index in [1.165, 1.54) is 6.07 Å². The Labute approximate surface area is 184 Å². The van der Waals surface area contributed by atoms with Crippen molar-refractivity contribution in [3.05, 3.63) is 58.6 Å². The fraction of sp³-hybridized carbons (Fsp3) is 0.227. The van der Waals surface area contributed by atoms with Crippen LogP contribution in [0.4, 0.5) is 5.82 Å². The summed E-state index contributed by atoms with van der Waals surface area (Å²) >= 11 is 0. The first-order valence-corrected chi connectivity index (χ1v) is 10.0. The summed E-state index contributed by atoms with van der Waals surface area (Å²) in [7, 11) is 3.46. The molecule has 0 unspecified atom stereocenters. The number of ether oxygens (including phenoxy) is 1. The van der Waals surface area contributed by atoms with Crippen molar-refractivity contribution >= 4 is 5.82 Å². The first-order valence-electron chi connectivity index (χ1n) is 10.0. The minimum atomic E-state index is -0.0869. The van der Waals surface area contributed by atoms with Crippen LogP contribution in [0.5, 0.6) is 5.75 Å². The molecule has 4 aromatic rings. The van der Waals surface area contributed by atoms with E-state index in [9.17, 15) is 4.79 Å². The molecule has 0 spiro atoms. The summed E-state index contributed by atoms with van der Waals surface area (Å²) in [5.74, 6) is 1.18. The van der Waals surface area contributed by atoms with Crippen LogP contribution in [0.25, 0.3) is 34.3 Å². The molecular weight excluding hydrogens is 410 g/mol. The molecule has 3 N–H and O–H groups in total. The van der Waals surface area contributed by atoms with Gasteiger partial charge in [-0.15, -0.1) is 10.2 Å². The van der Waals surface area contributed by atoms with E-state index in [1.54, 1.807) is 30.1 Å². The smallest absolute Gasteiger partial charge is 0.270 e. The van der Waals surface area contributed by atoms with Crippen LogP contribution in [0.2, 0.25) is 0 Å². The van der Waals surface area contributed by atoms with Gasteiger partial charge in [0.2, 0.25) is 0 Å². The summed E-state index contributed by atoms with van der Waals surface area (Å²) in [5, 5.41) is 11.4. The number of anilines is 1. The summed E-state index contributed by atoms with van der Waals surface area (Å²) in [6, 6.07) is 8.91. The average molecular weight is 433 g/mol. The fourth-order valence-corrected chi connectivity index (χ4v) is 3.28. The van der Waals surface area contributed by atoms with Crippen molar-refractivity contribution in [2.24, 2.45) is 0 Å². The number of hydrogen-bond donors (Lipinski definition) is 2. The third-order valence-corrected chi connectivity index (χ3v) is 4.93. The monoisotopic (exact) mass is 433 g/mol. The van der Waals surface area contributed by atoms with E-state index in [4.69, 9.17) is 14.9 Å². The van der Waals surface area contributed by atoms with E-state index in [1.807, 2.05) is 32.2 Å². The van der Waals surface area contributed by atoms with Crippen molar-refractivity contribution in [2.45, 2.75) is 20.0 Å². The lowest BCUT2D eigenvalue weighted by molar-refractivity contribution is 0.413. The Hall–Kier alpha value is -4.05. The summed E-state index contributed by atoms with van der Waals surface area (Å²) < 4.78 is 13.0. The summed E-state index contributed by atoms with van der Waals surface area (Å²) in [6.45, 7) is 3.14. The number of pyridine rings is 1. The highest BCUT2D eigenvalue weighted by atomic mass is 16.5. The summed E-state index contributed by atoms with van der Waals surface area (Å²) in [5.41, 5.74) is 9.20. The Balaban J connectivity index is 1.72. The van der Waals surface area contributed by atoms with Gasteiger partial charge in [-0.05, 0) is 37.7 Å². The molecular formula is C22H23N7O3. The van der Waals surface area contributed by atoms with Gasteiger partial charge in [-0.2, -0.15) is 0 Å². The molecule has 10 heteroatoms. The van der Waals surface area contributed by atoms with E-state index < -0.39 is 0 Å². The second-order valence-electron chi connectivity index (χ2n) is 7.01. The molecule has 3 heterocycles. The predicted molar refractivity (Wildman–Crippen MR) is 120 cm³/mol. The number of nitrogen functional groups attached to an aromatic ring is 1. The number of rotatable bonds is 7. The number of nitrogens with zero attached hydrogens (tertiary/aromatic N) is 5. The van der Waals surface area contributed by atoms with Gasteiger partial charge < -0.3 is 24.8 Å².